The molecule has 0 saturated carbocycles. The lowest BCUT2D eigenvalue weighted by atomic mass is 10.1. The summed E-state index contributed by atoms with van der Waals surface area (Å²) in [6, 6.07) is 4.14. The number of amides is 1. The van der Waals surface area contributed by atoms with Crippen LogP contribution in [0.3, 0.4) is 0 Å². The number of carbonyl (C=O) groups is 1. The minimum absolute atomic E-state index is 0.0246. The van der Waals surface area contributed by atoms with Gasteiger partial charge in [0.25, 0.3) is 5.91 Å². The highest BCUT2D eigenvalue weighted by Crippen LogP contribution is 2.31. The van der Waals surface area contributed by atoms with Crippen LogP contribution < -0.4 is 16.2 Å². The highest BCUT2D eigenvalue weighted by atomic mass is 19.1. The quantitative estimate of drug-likeness (QED) is 0.598. The van der Waals surface area contributed by atoms with Gasteiger partial charge in [0.2, 0.25) is 5.88 Å². The van der Waals surface area contributed by atoms with E-state index >= 15 is 0 Å². The lowest BCUT2D eigenvalue weighted by Crippen LogP contribution is -2.33. The number of halogens is 1. The standard InChI is InChI=1S/C16H17FN4O6/c1-26-10-3-2-7(14(18)24)12(20-10)8-4-5-21(16(25)19-8)15-11(17)13(23)9(6-22)27-15/h2-5,9,11,13,15,22-23H,6H2,1H3,(H2,18,24)/t9-,11-,13-,15+/m1/s1. The van der Waals surface area contributed by atoms with Gasteiger partial charge in [0.1, 0.15) is 17.9 Å². The van der Waals surface area contributed by atoms with E-state index in [0.717, 1.165) is 4.57 Å². The molecule has 1 saturated heterocycles. The van der Waals surface area contributed by atoms with Crippen molar-refractivity contribution in [2.24, 2.45) is 5.73 Å². The van der Waals surface area contributed by atoms with E-state index in [0.29, 0.717) is 0 Å². The van der Waals surface area contributed by atoms with Crippen LogP contribution in [0.15, 0.2) is 29.2 Å². The molecule has 0 aliphatic carbocycles. The zero-order chi connectivity index (χ0) is 19.7. The fourth-order valence-electron chi connectivity index (χ4n) is 2.77. The Balaban J connectivity index is 2.02. The fraction of sp³-hybridized carbons (Fsp3) is 0.375. The molecule has 0 aromatic carbocycles. The van der Waals surface area contributed by atoms with Gasteiger partial charge in [-0.05, 0) is 12.1 Å². The van der Waals surface area contributed by atoms with Gasteiger partial charge in [0.15, 0.2) is 12.4 Å². The second-order valence-corrected chi connectivity index (χ2v) is 5.80. The molecule has 1 aliphatic heterocycles. The van der Waals surface area contributed by atoms with Crippen molar-refractivity contribution in [2.75, 3.05) is 13.7 Å². The Morgan fingerprint density at radius 3 is 2.70 bits per heavy atom. The smallest absolute Gasteiger partial charge is 0.350 e. The molecule has 0 bridgehead atoms. The van der Waals surface area contributed by atoms with E-state index in [4.69, 9.17) is 20.3 Å². The number of nitrogens with zero attached hydrogens (tertiary/aromatic N) is 3. The number of ether oxygens (including phenoxy) is 2. The first-order valence-corrected chi connectivity index (χ1v) is 7.90. The van der Waals surface area contributed by atoms with Gasteiger partial charge in [-0.3, -0.25) is 9.36 Å². The van der Waals surface area contributed by atoms with Gasteiger partial charge in [-0.2, -0.15) is 4.98 Å². The molecule has 27 heavy (non-hydrogen) atoms. The molecule has 2 aromatic rings. The maximum Gasteiger partial charge on any atom is 0.350 e. The van der Waals surface area contributed by atoms with Gasteiger partial charge in [-0.1, -0.05) is 0 Å². The van der Waals surface area contributed by atoms with Crippen LogP contribution in [0.4, 0.5) is 4.39 Å². The van der Waals surface area contributed by atoms with Crippen molar-refractivity contribution in [3.8, 4) is 17.3 Å². The molecule has 10 nitrogen and oxygen atoms in total. The predicted octanol–water partition coefficient (Wildman–Crippen LogP) is -0.998. The Morgan fingerprint density at radius 1 is 1.41 bits per heavy atom. The topological polar surface area (TPSA) is 150 Å². The number of primary amides is 1. The molecule has 1 amide bonds. The molecule has 1 fully saturated rings. The number of aliphatic hydroxyl groups excluding tert-OH is 2. The van der Waals surface area contributed by atoms with Crippen LogP contribution in [0.1, 0.15) is 16.6 Å². The number of hydrogen-bond donors (Lipinski definition) is 3. The first-order chi connectivity index (χ1) is 12.9. The lowest BCUT2D eigenvalue weighted by Gasteiger charge is -2.16. The highest BCUT2D eigenvalue weighted by Gasteiger charge is 2.45. The summed E-state index contributed by atoms with van der Waals surface area (Å²) < 4.78 is 25.2. The van der Waals surface area contributed by atoms with E-state index in [9.17, 15) is 19.1 Å². The summed E-state index contributed by atoms with van der Waals surface area (Å²) in [6.45, 7) is -0.603. The number of nitrogens with two attached hydrogens (primary N) is 1. The molecule has 0 spiro atoms. The summed E-state index contributed by atoms with van der Waals surface area (Å²) in [7, 11) is 1.38. The SMILES string of the molecule is COc1ccc(C(N)=O)c(-c2ccn([C@H]3O[C@H](CO)[C@@H](O)[C@H]3F)c(=O)n2)n1. The molecule has 0 radical (unpaired) electrons. The summed E-state index contributed by atoms with van der Waals surface area (Å²) in [5.41, 5.74) is 4.51. The number of pyridine rings is 1. The minimum atomic E-state index is -1.93. The maximum atomic E-state index is 14.2. The van der Waals surface area contributed by atoms with Gasteiger partial charge in [0, 0.05) is 12.3 Å². The van der Waals surface area contributed by atoms with Gasteiger partial charge in [-0.25, -0.2) is 14.2 Å². The molecular formula is C16H17FN4O6. The van der Waals surface area contributed by atoms with Crippen LogP contribution >= 0.6 is 0 Å². The highest BCUT2D eigenvalue weighted by molar-refractivity contribution is 5.98. The van der Waals surface area contributed by atoms with Gasteiger partial charge >= 0.3 is 5.69 Å². The Hall–Kier alpha value is -2.89. The summed E-state index contributed by atoms with van der Waals surface area (Å²) in [5, 5.41) is 18.8. The number of rotatable bonds is 5. The van der Waals surface area contributed by atoms with Crippen LogP contribution in [-0.2, 0) is 4.74 Å². The van der Waals surface area contributed by atoms with Crippen LogP contribution in [-0.4, -0.2) is 62.8 Å². The summed E-state index contributed by atoms with van der Waals surface area (Å²) in [4.78, 5) is 31.9. The average molecular weight is 380 g/mol. The Labute approximate surface area is 152 Å². The Morgan fingerprint density at radius 2 is 2.15 bits per heavy atom. The largest absolute Gasteiger partial charge is 0.481 e. The molecule has 3 rings (SSSR count). The zero-order valence-electron chi connectivity index (χ0n) is 14.2. The van der Waals surface area contributed by atoms with Gasteiger partial charge < -0.3 is 25.4 Å². The zero-order valence-corrected chi connectivity index (χ0v) is 14.2. The summed E-state index contributed by atoms with van der Waals surface area (Å²) in [5.74, 6) is -0.596. The van der Waals surface area contributed by atoms with Crippen molar-refractivity contribution >= 4 is 5.91 Å². The number of alkyl halides is 1. The van der Waals surface area contributed by atoms with Crippen LogP contribution in [0, 0.1) is 0 Å². The lowest BCUT2D eigenvalue weighted by molar-refractivity contribution is -0.0491. The molecule has 4 N–H and O–H groups in total. The number of hydrogen-bond acceptors (Lipinski definition) is 8. The van der Waals surface area contributed by atoms with Crippen molar-refractivity contribution in [3.63, 3.8) is 0 Å². The van der Waals surface area contributed by atoms with E-state index < -0.39 is 42.8 Å². The van der Waals surface area contributed by atoms with Crippen molar-refractivity contribution in [2.45, 2.75) is 24.6 Å². The van der Waals surface area contributed by atoms with Crippen molar-refractivity contribution < 1.29 is 28.9 Å². The third-order valence-corrected chi connectivity index (χ3v) is 4.16. The molecular weight excluding hydrogens is 363 g/mol. The van der Waals surface area contributed by atoms with E-state index in [1.165, 1.54) is 31.5 Å². The average Bonchev–Trinajstić information content (AvgIpc) is 2.95. The third kappa shape index (κ3) is 3.39. The maximum absolute atomic E-state index is 14.2. The number of aliphatic hydroxyl groups is 2. The molecule has 3 heterocycles. The minimum Gasteiger partial charge on any atom is -0.481 e. The Kier molecular flexibility index (Phi) is 5.17. The number of aromatic nitrogens is 3. The number of carbonyl (C=O) groups excluding carboxylic acids is 1. The molecule has 2 aromatic heterocycles. The monoisotopic (exact) mass is 380 g/mol. The van der Waals surface area contributed by atoms with E-state index in [2.05, 4.69) is 9.97 Å². The van der Waals surface area contributed by atoms with Gasteiger partial charge in [0.05, 0.1) is 25.0 Å². The summed E-state index contributed by atoms with van der Waals surface area (Å²) in [6.07, 6.45) is -4.91. The fourth-order valence-corrected chi connectivity index (χ4v) is 2.77. The molecule has 1 aliphatic rings. The Bertz CT molecular complexity index is 920. The molecule has 4 atom stereocenters. The van der Waals surface area contributed by atoms with E-state index in [1.807, 2.05) is 0 Å². The second kappa shape index (κ2) is 7.39. The molecule has 11 heteroatoms. The van der Waals surface area contributed by atoms with E-state index in [1.54, 1.807) is 0 Å². The van der Waals surface area contributed by atoms with Gasteiger partial charge in [-0.15, -0.1) is 0 Å². The molecule has 0 unspecified atom stereocenters. The second-order valence-electron chi connectivity index (χ2n) is 5.80. The normalized spacial score (nSPS) is 24.7. The summed E-state index contributed by atoms with van der Waals surface area (Å²) >= 11 is 0. The predicted molar refractivity (Wildman–Crippen MR) is 88.7 cm³/mol. The van der Waals surface area contributed by atoms with Crippen LogP contribution in [0.2, 0.25) is 0 Å². The molecule has 144 valence electrons. The van der Waals surface area contributed by atoms with Crippen molar-refractivity contribution in [1.29, 1.82) is 0 Å². The first kappa shape index (κ1) is 18.9. The third-order valence-electron chi connectivity index (χ3n) is 4.16. The first-order valence-electron chi connectivity index (χ1n) is 7.90. The van der Waals surface area contributed by atoms with Crippen molar-refractivity contribution in [1.82, 2.24) is 14.5 Å². The van der Waals surface area contributed by atoms with Crippen LogP contribution in [0.25, 0.3) is 11.4 Å². The van der Waals surface area contributed by atoms with E-state index in [-0.39, 0.29) is 22.8 Å². The van der Waals surface area contributed by atoms with Crippen molar-refractivity contribution in [3.05, 3.63) is 40.4 Å². The van der Waals surface area contributed by atoms with Crippen LogP contribution in [0.5, 0.6) is 5.88 Å². The number of methoxy groups -OCH3 is 1.